The van der Waals surface area contributed by atoms with Crippen LogP contribution in [0.15, 0.2) is 48.7 Å². The molecule has 0 atom stereocenters. The van der Waals surface area contributed by atoms with Gasteiger partial charge in [0, 0.05) is 30.4 Å². The van der Waals surface area contributed by atoms with Crippen LogP contribution in [0.25, 0.3) is 10.9 Å². The molecule has 0 amide bonds. The van der Waals surface area contributed by atoms with Crippen LogP contribution in [-0.4, -0.2) is 11.8 Å². The number of fused-ring (bicyclic) bond motifs is 2. The molecule has 2 N–H and O–H groups in total. The molecule has 2 aromatic carbocycles. The molecule has 1 aliphatic rings. The number of H-pyrrole nitrogens is 1. The van der Waals surface area contributed by atoms with Gasteiger partial charge in [-0.3, -0.25) is 0 Å². The maximum Gasteiger partial charge on any atom is 0.231 e. The van der Waals surface area contributed by atoms with Crippen molar-refractivity contribution < 1.29 is 9.47 Å². The van der Waals surface area contributed by atoms with Crippen molar-refractivity contribution >= 4 is 10.9 Å². The number of hydrogen-bond donors (Lipinski definition) is 2. The summed E-state index contributed by atoms with van der Waals surface area (Å²) in [5.74, 6) is 1.70. The zero-order chi connectivity index (χ0) is 14.1. The summed E-state index contributed by atoms with van der Waals surface area (Å²) in [5.41, 5.74) is 3.57. The van der Waals surface area contributed by atoms with Gasteiger partial charge in [-0.15, -0.1) is 0 Å². The second kappa shape index (κ2) is 5.14. The molecule has 1 aliphatic heterocycles. The van der Waals surface area contributed by atoms with E-state index in [2.05, 4.69) is 40.6 Å². The fourth-order valence-electron chi connectivity index (χ4n) is 2.68. The summed E-state index contributed by atoms with van der Waals surface area (Å²) in [6.45, 7) is 1.90. The van der Waals surface area contributed by atoms with E-state index in [1.165, 1.54) is 16.5 Å². The molecule has 4 nitrogen and oxygen atoms in total. The lowest BCUT2D eigenvalue weighted by Gasteiger charge is -2.08. The Morgan fingerprint density at radius 1 is 1.05 bits per heavy atom. The van der Waals surface area contributed by atoms with E-state index in [0.29, 0.717) is 6.79 Å². The van der Waals surface area contributed by atoms with E-state index in [0.717, 1.165) is 30.2 Å². The van der Waals surface area contributed by atoms with E-state index in [1.807, 2.05) is 18.3 Å². The number of nitrogens with one attached hydrogen (secondary N) is 2. The van der Waals surface area contributed by atoms with E-state index >= 15 is 0 Å². The predicted octanol–water partition coefficient (Wildman–Crippen LogP) is 3.19. The monoisotopic (exact) mass is 280 g/mol. The zero-order valence-corrected chi connectivity index (χ0v) is 11.6. The van der Waals surface area contributed by atoms with Gasteiger partial charge in [0.1, 0.15) is 0 Å². The second-order valence-corrected chi connectivity index (χ2v) is 5.15. The first-order valence-electron chi connectivity index (χ1n) is 7.04. The van der Waals surface area contributed by atoms with Crippen molar-refractivity contribution in [2.24, 2.45) is 0 Å². The third kappa shape index (κ3) is 2.34. The fourth-order valence-corrected chi connectivity index (χ4v) is 2.68. The minimum Gasteiger partial charge on any atom is -0.454 e. The number of rotatable bonds is 4. The summed E-state index contributed by atoms with van der Waals surface area (Å²) in [5, 5.41) is 4.70. The Bertz CT molecular complexity index is 779. The third-order valence-electron chi connectivity index (χ3n) is 3.74. The SMILES string of the molecule is c1cc(CNCc2ccc3[nH]ccc3c2)c2c(c1)OCO2. The first-order valence-corrected chi connectivity index (χ1v) is 7.04. The zero-order valence-electron chi connectivity index (χ0n) is 11.6. The van der Waals surface area contributed by atoms with Crippen LogP contribution in [-0.2, 0) is 13.1 Å². The topological polar surface area (TPSA) is 46.3 Å². The van der Waals surface area contributed by atoms with Gasteiger partial charge in [-0.2, -0.15) is 0 Å². The maximum absolute atomic E-state index is 5.51. The Morgan fingerprint density at radius 3 is 3.05 bits per heavy atom. The molecule has 4 heteroatoms. The molecule has 0 aliphatic carbocycles. The van der Waals surface area contributed by atoms with Crippen molar-refractivity contribution in [2.75, 3.05) is 6.79 Å². The number of aromatic nitrogens is 1. The van der Waals surface area contributed by atoms with Crippen LogP contribution < -0.4 is 14.8 Å². The van der Waals surface area contributed by atoms with E-state index in [9.17, 15) is 0 Å². The Labute approximate surface area is 122 Å². The Hall–Kier alpha value is -2.46. The van der Waals surface area contributed by atoms with Crippen molar-refractivity contribution in [1.82, 2.24) is 10.3 Å². The van der Waals surface area contributed by atoms with Crippen molar-refractivity contribution in [3.8, 4) is 11.5 Å². The molecule has 0 bridgehead atoms. The highest BCUT2D eigenvalue weighted by Gasteiger charge is 2.16. The summed E-state index contributed by atoms with van der Waals surface area (Å²) in [6, 6.07) is 14.5. The normalized spacial score (nSPS) is 13.0. The lowest BCUT2D eigenvalue weighted by Crippen LogP contribution is -2.13. The number of para-hydroxylation sites is 1. The first kappa shape index (κ1) is 12.3. The first-order chi connectivity index (χ1) is 10.4. The average Bonchev–Trinajstić information content (AvgIpc) is 3.15. The summed E-state index contributed by atoms with van der Waals surface area (Å²) < 4.78 is 10.9. The largest absolute Gasteiger partial charge is 0.454 e. The molecule has 4 rings (SSSR count). The molecule has 21 heavy (non-hydrogen) atoms. The smallest absolute Gasteiger partial charge is 0.231 e. The summed E-state index contributed by atoms with van der Waals surface area (Å²) in [6.07, 6.45) is 1.96. The lowest BCUT2D eigenvalue weighted by molar-refractivity contribution is 0.173. The number of ether oxygens (including phenoxy) is 2. The van der Waals surface area contributed by atoms with Crippen LogP contribution in [0.5, 0.6) is 11.5 Å². The molecule has 2 heterocycles. The Morgan fingerprint density at radius 2 is 2.05 bits per heavy atom. The summed E-state index contributed by atoms with van der Waals surface area (Å²) >= 11 is 0. The maximum atomic E-state index is 5.51. The second-order valence-electron chi connectivity index (χ2n) is 5.15. The van der Waals surface area contributed by atoms with Gasteiger partial charge in [0.2, 0.25) is 6.79 Å². The minimum absolute atomic E-state index is 0.316. The van der Waals surface area contributed by atoms with Crippen molar-refractivity contribution in [1.29, 1.82) is 0 Å². The Balaban J connectivity index is 1.44. The van der Waals surface area contributed by atoms with Crippen molar-refractivity contribution in [3.63, 3.8) is 0 Å². The van der Waals surface area contributed by atoms with Crippen molar-refractivity contribution in [3.05, 3.63) is 59.8 Å². The van der Waals surface area contributed by atoms with Gasteiger partial charge in [-0.25, -0.2) is 0 Å². The minimum atomic E-state index is 0.316. The highest BCUT2D eigenvalue weighted by atomic mass is 16.7. The van der Waals surface area contributed by atoms with Crippen LogP contribution in [0, 0.1) is 0 Å². The molecule has 1 aromatic heterocycles. The van der Waals surface area contributed by atoms with Crippen LogP contribution in [0.2, 0.25) is 0 Å². The fraction of sp³-hybridized carbons (Fsp3) is 0.176. The van der Waals surface area contributed by atoms with E-state index in [4.69, 9.17) is 9.47 Å². The third-order valence-corrected chi connectivity index (χ3v) is 3.74. The summed E-state index contributed by atoms with van der Waals surface area (Å²) in [7, 11) is 0. The van der Waals surface area contributed by atoms with E-state index < -0.39 is 0 Å². The van der Waals surface area contributed by atoms with Gasteiger partial charge in [0.15, 0.2) is 11.5 Å². The standard InChI is InChI=1S/C17H16N2O2/c1-2-14(17-16(3-1)20-11-21-17)10-18-9-12-4-5-15-13(8-12)6-7-19-15/h1-8,18-19H,9-11H2. The van der Waals surface area contributed by atoms with Crippen LogP contribution >= 0.6 is 0 Å². The molecule has 0 fully saturated rings. The highest BCUT2D eigenvalue weighted by molar-refractivity contribution is 5.79. The lowest BCUT2D eigenvalue weighted by atomic mass is 10.1. The molecular formula is C17H16N2O2. The molecule has 106 valence electrons. The molecule has 3 aromatic rings. The molecule has 0 saturated heterocycles. The van der Waals surface area contributed by atoms with Crippen molar-refractivity contribution in [2.45, 2.75) is 13.1 Å². The van der Waals surface area contributed by atoms with Crippen LogP contribution in [0.1, 0.15) is 11.1 Å². The van der Waals surface area contributed by atoms with Crippen LogP contribution in [0.4, 0.5) is 0 Å². The van der Waals surface area contributed by atoms with Gasteiger partial charge < -0.3 is 19.8 Å². The number of hydrogen-bond acceptors (Lipinski definition) is 3. The Kier molecular flexibility index (Phi) is 3.01. The number of benzene rings is 2. The quantitative estimate of drug-likeness (QED) is 0.771. The molecular weight excluding hydrogens is 264 g/mol. The highest BCUT2D eigenvalue weighted by Crippen LogP contribution is 2.35. The van der Waals surface area contributed by atoms with Crippen LogP contribution in [0.3, 0.4) is 0 Å². The van der Waals surface area contributed by atoms with Gasteiger partial charge >= 0.3 is 0 Å². The van der Waals surface area contributed by atoms with E-state index in [1.54, 1.807) is 0 Å². The summed E-state index contributed by atoms with van der Waals surface area (Å²) in [4.78, 5) is 3.21. The van der Waals surface area contributed by atoms with Gasteiger partial charge in [-0.05, 0) is 35.2 Å². The molecule has 0 unspecified atom stereocenters. The molecule has 0 saturated carbocycles. The van der Waals surface area contributed by atoms with E-state index in [-0.39, 0.29) is 0 Å². The molecule has 0 spiro atoms. The van der Waals surface area contributed by atoms with Gasteiger partial charge in [0.25, 0.3) is 0 Å². The van der Waals surface area contributed by atoms with Gasteiger partial charge in [-0.1, -0.05) is 18.2 Å². The predicted molar refractivity (Wildman–Crippen MR) is 81.4 cm³/mol. The number of aromatic amines is 1. The molecule has 0 radical (unpaired) electrons. The average molecular weight is 280 g/mol. The van der Waals surface area contributed by atoms with Gasteiger partial charge in [0.05, 0.1) is 0 Å².